The van der Waals surface area contributed by atoms with Gasteiger partial charge in [0, 0.05) is 22.6 Å². The Kier molecular flexibility index (Phi) is 9.50. The van der Waals surface area contributed by atoms with Crippen LogP contribution < -0.4 is 24.4 Å². The predicted octanol–water partition coefficient (Wildman–Crippen LogP) is 6.57. The Bertz CT molecular complexity index is 2170. The summed E-state index contributed by atoms with van der Waals surface area (Å²) in [4.78, 5) is 32.9. The molecule has 0 saturated carbocycles. The first-order valence-corrected chi connectivity index (χ1v) is 16.9. The number of carbonyl (C=O) groups is 1. The van der Waals surface area contributed by atoms with Gasteiger partial charge in [-0.2, -0.15) is 0 Å². The molecule has 0 aliphatic carbocycles. The molecule has 1 aliphatic heterocycles. The number of carbonyl (C=O) groups excluding carboxylic acids is 1. The largest absolute Gasteiger partial charge is 0.491 e. The highest BCUT2D eigenvalue weighted by Gasteiger charge is 2.35. The molecule has 246 valence electrons. The van der Waals surface area contributed by atoms with Gasteiger partial charge in [0.05, 0.1) is 28.5 Å². The van der Waals surface area contributed by atoms with E-state index in [1.807, 2.05) is 113 Å². The van der Waals surface area contributed by atoms with Gasteiger partial charge in [0.2, 0.25) is 0 Å². The van der Waals surface area contributed by atoms with Crippen LogP contribution in [0.2, 0.25) is 0 Å². The molecule has 2 aromatic heterocycles. The van der Waals surface area contributed by atoms with Crippen LogP contribution in [0.4, 0.5) is 0 Å². The standard InChI is InChI=1S/C39H39N3O5S/c1-7-45-38(44)35-26(5)40-39-42(36(35)32-15-11-12-16-33(32)47-24(2)3)37(43)34(48-39)22-29-21-25(4)41(27(29)6)30-17-19-31(20-18-30)46-23-28-13-9-8-10-14-28/h8-22,24,36H,7,23H2,1-6H3/b34-22-/t36-/m1/s1. The number of hydrogen-bond donors (Lipinski definition) is 0. The lowest BCUT2D eigenvalue weighted by Gasteiger charge is -2.26. The Morgan fingerprint density at radius 2 is 1.69 bits per heavy atom. The molecule has 6 rings (SSSR count). The predicted molar refractivity (Wildman–Crippen MR) is 189 cm³/mol. The summed E-state index contributed by atoms with van der Waals surface area (Å²) in [7, 11) is 0. The maximum atomic E-state index is 14.3. The normalized spacial score (nSPS) is 14.6. The van der Waals surface area contributed by atoms with Gasteiger partial charge < -0.3 is 18.8 Å². The van der Waals surface area contributed by atoms with Gasteiger partial charge in [-0.3, -0.25) is 9.36 Å². The van der Waals surface area contributed by atoms with E-state index >= 15 is 0 Å². The molecule has 0 unspecified atom stereocenters. The van der Waals surface area contributed by atoms with Crippen molar-refractivity contribution in [2.45, 2.75) is 60.3 Å². The quantitative estimate of drug-likeness (QED) is 0.158. The number of fused-ring (bicyclic) bond motifs is 1. The fraction of sp³-hybridized carbons (Fsp3) is 0.256. The Morgan fingerprint density at radius 1 is 0.979 bits per heavy atom. The number of thiazole rings is 1. The Hall–Kier alpha value is -5.15. The van der Waals surface area contributed by atoms with Crippen LogP contribution in [0.15, 0.2) is 106 Å². The van der Waals surface area contributed by atoms with Crippen molar-refractivity contribution in [3.8, 4) is 17.2 Å². The second-order valence-electron chi connectivity index (χ2n) is 11.9. The monoisotopic (exact) mass is 661 g/mol. The van der Waals surface area contributed by atoms with Crippen LogP contribution in [-0.4, -0.2) is 27.8 Å². The molecule has 3 aromatic carbocycles. The third-order valence-corrected chi connectivity index (χ3v) is 9.18. The minimum atomic E-state index is -0.757. The van der Waals surface area contributed by atoms with Crippen molar-refractivity contribution in [1.82, 2.24) is 9.13 Å². The van der Waals surface area contributed by atoms with Crippen LogP contribution >= 0.6 is 11.3 Å². The number of aromatic nitrogens is 2. The lowest BCUT2D eigenvalue weighted by molar-refractivity contribution is -0.139. The van der Waals surface area contributed by atoms with E-state index in [0.29, 0.717) is 38.5 Å². The van der Waals surface area contributed by atoms with E-state index in [1.165, 1.54) is 11.3 Å². The molecule has 0 fully saturated rings. The number of ether oxygens (including phenoxy) is 3. The average Bonchev–Trinajstić information content (AvgIpc) is 3.53. The fourth-order valence-electron chi connectivity index (χ4n) is 6.06. The first-order chi connectivity index (χ1) is 23.2. The SMILES string of the molecule is CCOC(=O)C1=C(C)N=c2s/c(=C\c3cc(C)n(-c4ccc(OCc5ccccc5)cc4)c3C)c(=O)n2[C@@H]1c1ccccc1OC(C)C. The number of allylic oxidation sites excluding steroid dienone is 1. The second-order valence-corrected chi connectivity index (χ2v) is 12.9. The van der Waals surface area contributed by atoms with Crippen molar-refractivity contribution in [1.29, 1.82) is 0 Å². The number of benzene rings is 3. The Labute approximate surface area is 283 Å². The summed E-state index contributed by atoms with van der Waals surface area (Å²) in [5.41, 5.74) is 6.35. The van der Waals surface area contributed by atoms with E-state index in [1.54, 1.807) is 18.4 Å². The van der Waals surface area contributed by atoms with Crippen molar-refractivity contribution in [3.63, 3.8) is 0 Å². The molecule has 48 heavy (non-hydrogen) atoms. The van der Waals surface area contributed by atoms with Crippen molar-refractivity contribution in [2.24, 2.45) is 4.99 Å². The highest BCUT2D eigenvalue weighted by Crippen LogP contribution is 2.36. The Balaban J connectivity index is 1.39. The van der Waals surface area contributed by atoms with Crippen LogP contribution in [-0.2, 0) is 16.1 Å². The van der Waals surface area contributed by atoms with Crippen LogP contribution in [0.1, 0.15) is 61.8 Å². The number of nitrogens with zero attached hydrogens (tertiary/aromatic N) is 3. The average molecular weight is 662 g/mol. The zero-order valence-electron chi connectivity index (χ0n) is 28.0. The summed E-state index contributed by atoms with van der Waals surface area (Å²) in [6, 6.07) is 26.9. The highest BCUT2D eigenvalue weighted by atomic mass is 32.1. The summed E-state index contributed by atoms with van der Waals surface area (Å²) in [6.07, 6.45) is 1.81. The first kappa shape index (κ1) is 32.8. The van der Waals surface area contributed by atoms with Gasteiger partial charge in [-0.05, 0) is 95.1 Å². The van der Waals surface area contributed by atoms with E-state index in [0.717, 1.165) is 34.0 Å². The van der Waals surface area contributed by atoms with Gasteiger partial charge in [0.15, 0.2) is 4.80 Å². The number of aryl methyl sites for hydroxylation is 1. The zero-order valence-corrected chi connectivity index (χ0v) is 28.8. The minimum absolute atomic E-state index is 0.105. The van der Waals surface area contributed by atoms with Gasteiger partial charge in [-0.1, -0.05) is 59.9 Å². The smallest absolute Gasteiger partial charge is 0.338 e. The van der Waals surface area contributed by atoms with E-state index in [4.69, 9.17) is 19.2 Å². The number of para-hydroxylation sites is 1. The number of esters is 1. The molecule has 0 amide bonds. The minimum Gasteiger partial charge on any atom is -0.491 e. The molecule has 0 spiro atoms. The van der Waals surface area contributed by atoms with E-state index < -0.39 is 12.0 Å². The van der Waals surface area contributed by atoms with Crippen molar-refractivity contribution >= 4 is 23.4 Å². The molecule has 0 radical (unpaired) electrons. The summed E-state index contributed by atoms with van der Waals surface area (Å²) in [5.74, 6) is 0.889. The van der Waals surface area contributed by atoms with Crippen molar-refractivity contribution < 1.29 is 19.0 Å². The summed E-state index contributed by atoms with van der Waals surface area (Å²) < 4.78 is 21.9. The lowest BCUT2D eigenvalue weighted by atomic mass is 9.95. The van der Waals surface area contributed by atoms with Gasteiger partial charge in [0.25, 0.3) is 5.56 Å². The molecule has 1 atom stereocenters. The molecular formula is C39H39N3O5S. The maximum absolute atomic E-state index is 14.3. The van der Waals surface area contributed by atoms with Crippen LogP contribution in [0.3, 0.4) is 0 Å². The topological polar surface area (TPSA) is 84.0 Å². The Morgan fingerprint density at radius 3 is 2.40 bits per heavy atom. The molecule has 8 nitrogen and oxygen atoms in total. The second kappa shape index (κ2) is 13.9. The van der Waals surface area contributed by atoms with Crippen LogP contribution in [0.25, 0.3) is 11.8 Å². The van der Waals surface area contributed by atoms with Crippen LogP contribution in [0, 0.1) is 13.8 Å². The molecule has 9 heteroatoms. The van der Waals surface area contributed by atoms with Gasteiger partial charge in [0.1, 0.15) is 24.1 Å². The molecule has 0 saturated heterocycles. The third kappa shape index (κ3) is 6.51. The van der Waals surface area contributed by atoms with Crippen molar-refractivity contribution in [2.75, 3.05) is 6.61 Å². The van der Waals surface area contributed by atoms with Gasteiger partial charge in [-0.25, -0.2) is 9.79 Å². The van der Waals surface area contributed by atoms with E-state index in [9.17, 15) is 9.59 Å². The van der Waals surface area contributed by atoms with E-state index in [-0.39, 0.29) is 18.3 Å². The summed E-state index contributed by atoms with van der Waals surface area (Å²) >= 11 is 1.31. The number of rotatable bonds is 10. The molecule has 5 aromatic rings. The fourth-order valence-corrected chi connectivity index (χ4v) is 7.10. The first-order valence-electron chi connectivity index (χ1n) is 16.1. The highest BCUT2D eigenvalue weighted by molar-refractivity contribution is 7.07. The lowest BCUT2D eigenvalue weighted by Crippen LogP contribution is -2.40. The summed E-state index contributed by atoms with van der Waals surface area (Å²) in [6.45, 7) is 12.2. The van der Waals surface area contributed by atoms with Gasteiger partial charge >= 0.3 is 5.97 Å². The van der Waals surface area contributed by atoms with Gasteiger partial charge in [-0.15, -0.1) is 0 Å². The molecule has 0 N–H and O–H groups in total. The molecule has 1 aliphatic rings. The molecule has 0 bridgehead atoms. The molecule has 3 heterocycles. The maximum Gasteiger partial charge on any atom is 0.338 e. The number of hydrogen-bond acceptors (Lipinski definition) is 7. The third-order valence-electron chi connectivity index (χ3n) is 8.19. The van der Waals surface area contributed by atoms with Crippen molar-refractivity contribution in [3.05, 3.63) is 144 Å². The van der Waals surface area contributed by atoms with Crippen LogP contribution in [0.5, 0.6) is 11.5 Å². The molecular weight excluding hydrogens is 623 g/mol. The summed E-state index contributed by atoms with van der Waals surface area (Å²) in [5, 5.41) is 0. The van der Waals surface area contributed by atoms with E-state index in [2.05, 4.69) is 10.6 Å². The zero-order chi connectivity index (χ0) is 33.9.